The second-order valence-corrected chi connectivity index (χ2v) is 12.4. The van der Waals surface area contributed by atoms with E-state index < -0.39 is 63.7 Å². The molecular weight excluding hydrogens is 573 g/mol. The van der Waals surface area contributed by atoms with Gasteiger partial charge in [-0.15, -0.1) is 23.2 Å². The number of hydrogen-bond donors (Lipinski definition) is 0. The minimum Gasteiger partial charge on any atom is -0.456 e. The van der Waals surface area contributed by atoms with Gasteiger partial charge in [0, 0.05) is 10.6 Å². The number of ether oxygens (including phenoxy) is 1. The number of carbonyl (C=O) groups is 4. The van der Waals surface area contributed by atoms with Crippen LogP contribution in [0.3, 0.4) is 0 Å². The van der Waals surface area contributed by atoms with Crippen molar-refractivity contribution in [2.45, 2.75) is 29.6 Å². The van der Waals surface area contributed by atoms with Crippen LogP contribution in [0.25, 0.3) is 0 Å². The van der Waals surface area contributed by atoms with Gasteiger partial charge in [-0.25, -0.2) is 4.79 Å². The third-order valence-electron chi connectivity index (χ3n) is 8.28. The predicted molar refractivity (Wildman–Crippen MR) is 150 cm³/mol. The Bertz CT molecular complexity index is 1460. The fraction of sp³-hybridized carbons (Fsp3) is 0.290. The molecular formula is C31H24Cl3NO5. The molecule has 1 aliphatic heterocycles. The van der Waals surface area contributed by atoms with E-state index in [2.05, 4.69) is 0 Å². The third kappa shape index (κ3) is 3.55. The lowest BCUT2D eigenvalue weighted by molar-refractivity contribution is -0.160. The van der Waals surface area contributed by atoms with Crippen molar-refractivity contribution in [2.75, 3.05) is 6.61 Å². The number of amides is 2. The fourth-order valence-electron chi connectivity index (χ4n) is 6.58. The second-order valence-electron chi connectivity index (χ2n) is 10.7. The molecule has 1 fully saturated rings. The predicted octanol–water partition coefficient (Wildman–Crippen LogP) is 5.68. The van der Waals surface area contributed by atoms with Crippen molar-refractivity contribution in [3.63, 3.8) is 0 Å². The SMILES string of the molecule is CC(C)[C@@H](C(=O)OCC(=O)c1ccc(Cl)cc1)N1C(=O)[C@@H]2[C@@H](C1=O)C1(Cl)c3ccccc3C2(Cl)c2ccccc21. The van der Waals surface area contributed by atoms with Crippen molar-refractivity contribution in [1.29, 1.82) is 0 Å². The van der Waals surface area contributed by atoms with E-state index in [4.69, 9.17) is 39.5 Å². The van der Waals surface area contributed by atoms with E-state index in [1.807, 2.05) is 48.5 Å². The zero-order valence-corrected chi connectivity index (χ0v) is 23.8. The molecule has 3 aliphatic carbocycles. The number of nitrogens with zero attached hydrogens (tertiary/aromatic N) is 1. The monoisotopic (exact) mass is 595 g/mol. The summed E-state index contributed by atoms with van der Waals surface area (Å²) in [5, 5.41) is 0.466. The lowest BCUT2D eigenvalue weighted by Crippen LogP contribution is -2.57. The molecule has 9 heteroatoms. The molecule has 0 N–H and O–H groups in total. The topological polar surface area (TPSA) is 80.8 Å². The van der Waals surface area contributed by atoms with Crippen molar-refractivity contribution in [3.8, 4) is 0 Å². The van der Waals surface area contributed by atoms with Crippen LogP contribution in [0.15, 0.2) is 72.8 Å². The van der Waals surface area contributed by atoms with E-state index in [-0.39, 0.29) is 0 Å². The minimum atomic E-state index is -1.36. The normalized spacial score (nSPS) is 26.8. The highest BCUT2D eigenvalue weighted by molar-refractivity contribution is 6.36. The number of benzene rings is 3. The third-order valence-corrected chi connectivity index (χ3v) is 9.82. The number of esters is 1. The van der Waals surface area contributed by atoms with Gasteiger partial charge in [-0.2, -0.15) is 0 Å². The van der Waals surface area contributed by atoms with Crippen LogP contribution in [-0.4, -0.2) is 41.1 Å². The first-order chi connectivity index (χ1) is 19.0. The number of rotatable bonds is 6. The van der Waals surface area contributed by atoms with Gasteiger partial charge in [-0.1, -0.05) is 74.0 Å². The van der Waals surface area contributed by atoms with Gasteiger partial charge in [0.2, 0.25) is 11.8 Å². The molecule has 6 nitrogen and oxygen atoms in total. The summed E-state index contributed by atoms with van der Waals surface area (Å²) >= 11 is 20.8. The Kier molecular flexibility index (Phi) is 6.37. The van der Waals surface area contributed by atoms with Crippen molar-refractivity contribution < 1.29 is 23.9 Å². The molecule has 1 heterocycles. The Morgan fingerprint density at radius 2 is 1.23 bits per heavy atom. The van der Waals surface area contributed by atoms with E-state index in [1.165, 1.54) is 12.1 Å². The fourth-order valence-corrected chi connectivity index (χ4v) is 7.80. The Morgan fingerprint density at radius 1 is 0.800 bits per heavy atom. The summed E-state index contributed by atoms with van der Waals surface area (Å²) in [5.41, 5.74) is 3.01. The number of ketones is 1. The van der Waals surface area contributed by atoms with Crippen molar-refractivity contribution >= 4 is 58.4 Å². The Morgan fingerprint density at radius 3 is 1.62 bits per heavy atom. The smallest absolute Gasteiger partial charge is 0.330 e. The molecule has 7 rings (SSSR count). The van der Waals surface area contributed by atoms with Crippen LogP contribution >= 0.6 is 34.8 Å². The zero-order valence-electron chi connectivity index (χ0n) is 21.6. The maximum Gasteiger partial charge on any atom is 0.330 e. The molecule has 3 aromatic rings. The van der Waals surface area contributed by atoms with Crippen molar-refractivity contribution in [1.82, 2.24) is 4.90 Å². The molecule has 3 aromatic carbocycles. The van der Waals surface area contributed by atoms with Gasteiger partial charge in [0.1, 0.15) is 15.8 Å². The molecule has 0 radical (unpaired) electrons. The standard InChI is InChI=1S/C31H24Cl3NO5/c1-16(2)26(29(39)40-15-23(36)17-11-13-18(32)14-12-17)35-27(37)24-25(28(35)38)31(34)20-8-4-3-7-19(20)30(24,33)21-9-5-6-10-22(21)31/h3-14,16,24-26H,15H2,1-2H3/t24-,25-,26-,30?,31?/m0/s1. The summed E-state index contributed by atoms with van der Waals surface area (Å²) in [6.07, 6.45) is 0. The van der Waals surface area contributed by atoms with Crippen LogP contribution in [0, 0.1) is 17.8 Å². The molecule has 0 spiro atoms. The summed E-state index contributed by atoms with van der Waals surface area (Å²) in [5.74, 6) is -5.04. The van der Waals surface area contributed by atoms with Crippen LogP contribution < -0.4 is 0 Å². The lowest BCUT2D eigenvalue weighted by Gasteiger charge is -2.54. The summed E-state index contributed by atoms with van der Waals surface area (Å²) in [6.45, 7) is 2.86. The summed E-state index contributed by atoms with van der Waals surface area (Å²) in [7, 11) is 0. The first-order valence-electron chi connectivity index (χ1n) is 12.9. The zero-order chi connectivity index (χ0) is 28.6. The summed E-state index contributed by atoms with van der Waals surface area (Å²) < 4.78 is 5.38. The minimum absolute atomic E-state index is 0.318. The molecule has 0 saturated carbocycles. The van der Waals surface area contributed by atoms with Gasteiger partial charge < -0.3 is 4.74 Å². The maximum absolute atomic E-state index is 14.2. The van der Waals surface area contributed by atoms with E-state index in [1.54, 1.807) is 26.0 Å². The van der Waals surface area contributed by atoms with Crippen LogP contribution in [0.4, 0.5) is 0 Å². The first-order valence-corrected chi connectivity index (χ1v) is 14.1. The van der Waals surface area contributed by atoms with Crippen LogP contribution in [0.1, 0.15) is 46.5 Å². The number of hydrogen-bond acceptors (Lipinski definition) is 5. The Balaban J connectivity index is 1.37. The molecule has 0 aromatic heterocycles. The highest BCUT2D eigenvalue weighted by Crippen LogP contribution is 2.69. The molecule has 40 heavy (non-hydrogen) atoms. The van der Waals surface area contributed by atoms with E-state index in [9.17, 15) is 19.2 Å². The molecule has 2 bridgehead atoms. The van der Waals surface area contributed by atoms with Crippen LogP contribution in [0.5, 0.6) is 0 Å². The van der Waals surface area contributed by atoms with Gasteiger partial charge in [0.15, 0.2) is 12.4 Å². The van der Waals surface area contributed by atoms with Gasteiger partial charge in [0.05, 0.1) is 11.8 Å². The quantitative estimate of drug-likeness (QED) is 0.158. The van der Waals surface area contributed by atoms with Gasteiger partial charge >= 0.3 is 5.97 Å². The first kappa shape index (κ1) is 27.0. The van der Waals surface area contributed by atoms with Gasteiger partial charge in [0.25, 0.3) is 0 Å². The molecule has 2 amide bonds. The maximum atomic E-state index is 14.2. The lowest BCUT2D eigenvalue weighted by atomic mass is 9.54. The average Bonchev–Trinajstić information content (AvgIpc) is 3.21. The van der Waals surface area contributed by atoms with Crippen LogP contribution in [-0.2, 0) is 28.9 Å². The molecule has 3 atom stereocenters. The molecule has 0 unspecified atom stereocenters. The number of carbonyl (C=O) groups excluding carboxylic acids is 4. The van der Waals surface area contributed by atoms with Gasteiger partial charge in [-0.05, 0) is 52.4 Å². The molecule has 4 aliphatic rings. The number of alkyl halides is 2. The number of Topliss-reactive ketones (excluding diaryl/α,β-unsaturated/α-hetero) is 1. The largest absolute Gasteiger partial charge is 0.456 e. The average molecular weight is 597 g/mol. The second kappa shape index (κ2) is 9.44. The Labute approximate surface area is 246 Å². The Hall–Kier alpha value is -3.19. The van der Waals surface area contributed by atoms with Gasteiger partial charge in [-0.3, -0.25) is 19.3 Å². The highest BCUT2D eigenvalue weighted by atomic mass is 35.5. The number of imide groups is 1. The summed E-state index contributed by atoms with van der Waals surface area (Å²) in [4.78, 5) is 52.8. The summed E-state index contributed by atoms with van der Waals surface area (Å²) in [6, 6.07) is 19.6. The van der Waals surface area contributed by atoms with Crippen molar-refractivity contribution in [2.24, 2.45) is 17.8 Å². The highest BCUT2D eigenvalue weighted by Gasteiger charge is 2.74. The van der Waals surface area contributed by atoms with E-state index in [0.29, 0.717) is 32.8 Å². The number of likely N-dealkylation sites (tertiary alicyclic amines) is 1. The van der Waals surface area contributed by atoms with Crippen LogP contribution in [0.2, 0.25) is 5.02 Å². The molecule has 204 valence electrons. The van der Waals surface area contributed by atoms with E-state index >= 15 is 0 Å². The van der Waals surface area contributed by atoms with Crippen molar-refractivity contribution in [3.05, 3.63) is 106 Å². The molecule has 1 saturated heterocycles. The number of halogens is 3. The van der Waals surface area contributed by atoms with E-state index in [0.717, 1.165) is 4.90 Å².